The first kappa shape index (κ1) is 17.3. The zero-order valence-corrected chi connectivity index (χ0v) is 14.9. The summed E-state index contributed by atoms with van der Waals surface area (Å²) >= 11 is 0. The van der Waals surface area contributed by atoms with Crippen LogP contribution in [0.4, 0.5) is 0 Å². The number of benzene rings is 2. The maximum Gasteiger partial charge on any atom is 0.266 e. The van der Waals surface area contributed by atoms with Gasteiger partial charge in [-0.25, -0.2) is 4.68 Å². The van der Waals surface area contributed by atoms with E-state index in [0.717, 1.165) is 29.3 Å². The first-order valence-corrected chi connectivity index (χ1v) is 9.16. The quantitative estimate of drug-likeness (QED) is 0.700. The molecule has 1 fully saturated rings. The molecular formula is C21H21N3O3. The van der Waals surface area contributed by atoms with E-state index in [2.05, 4.69) is 10.4 Å². The van der Waals surface area contributed by atoms with E-state index in [4.69, 9.17) is 4.74 Å². The number of fused-ring (bicyclic) bond motifs is 1. The lowest BCUT2D eigenvalue weighted by molar-refractivity contribution is -0.123. The van der Waals surface area contributed by atoms with Gasteiger partial charge in [0.25, 0.3) is 11.5 Å². The predicted molar refractivity (Wildman–Crippen MR) is 103 cm³/mol. The van der Waals surface area contributed by atoms with Crippen molar-refractivity contribution in [3.8, 4) is 5.75 Å². The number of rotatable bonds is 7. The first-order valence-electron chi connectivity index (χ1n) is 9.16. The van der Waals surface area contributed by atoms with Crippen LogP contribution in [0.3, 0.4) is 0 Å². The predicted octanol–water partition coefficient (Wildman–Crippen LogP) is 2.47. The molecule has 1 aliphatic carbocycles. The summed E-state index contributed by atoms with van der Waals surface area (Å²) in [5, 5.41) is 9.20. The van der Waals surface area contributed by atoms with Crippen molar-refractivity contribution in [2.75, 3.05) is 13.2 Å². The largest absolute Gasteiger partial charge is 0.483 e. The molecule has 3 aromatic rings. The monoisotopic (exact) mass is 363 g/mol. The molecule has 4 rings (SSSR count). The van der Waals surface area contributed by atoms with Crippen LogP contribution in [0, 0.1) is 0 Å². The first-order chi connectivity index (χ1) is 13.2. The number of hydrogen-bond donors (Lipinski definition) is 1. The van der Waals surface area contributed by atoms with E-state index in [1.807, 2.05) is 42.5 Å². The summed E-state index contributed by atoms with van der Waals surface area (Å²) in [5.41, 5.74) is 0.806. The molecule has 0 unspecified atom stereocenters. The summed E-state index contributed by atoms with van der Waals surface area (Å²) in [6, 6.07) is 17.0. The van der Waals surface area contributed by atoms with Gasteiger partial charge in [0.1, 0.15) is 5.75 Å². The molecule has 1 N–H and O–H groups in total. The average molecular weight is 363 g/mol. The Bertz CT molecular complexity index is 1020. The number of amides is 1. The van der Waals surface area contributed by atoms with Crippen molar-refractivity contribution in [1.82, 2.24) is 15.1 Å². The Balaban J connectivity index is 1.30. The van der Waals surface area contributed by atoms with Crippen molar-refractivity contribution < 1.29 is 9.53 Å². The van der Waals surface area contributed by atoms with Crippen LogP contribution in [-0.2, 0) is 11.3 Å². The number of hydrogen-bond acceptors (Lipinski definition) is 4. The number of nitrogens with one attached hydrogen (secondary N) is 1. The zero-order valence-electron chi connectivity index (χ0n) is 14.9. The molecule has 0 bridgehead atoms. The van der Waals surface area contributed by atoms with Gasteiger partial charge in [0.05, 0.1) is 12.2 Å². The minimum Gasteiger partial charge on any atom is -0.483 e. The third-order valence-corrected chi connectivity index (χ3v) is 4.64. The summed E-state index contributed by atoms with van der Waals surface area (Å²) in [6.45, 7) is 0.608. The molecule has 138 valence electrons. The highest BCUT2D eigenvalue weighted by molar-refractivity contribution is 5.88. The smallest absolute Gasteiger partial charge is 0.266 e. The fraction of sp³-hybridized carbons (Fsp3) is 0.286. The molecule has 1 amide bonds. The van der Waals surface area contributed by atoms with Crippen LogP contribution in [0.15, 0.2) is 59.4 Å². The van der Waals surface area contributed by atoms with Crippen LogP contribution < -0.4 is 15.6 Å². The zero-order chi connectivity index (χ0) is 18.6. The third kappa shape index (κ3) is 4.16. The molecule has 2 aromatic carbocycles. The van der Waals surface area contributed by atoms with Crippen LogP contribution >= 0.6 is 0 Å². The van der Waals surface area contributed by atoms with Crippen molar-refractivity contribution in [3.05, 3.63) is 70.6 Å². The van der Waals surface area contributed by atoms with Gasteiger partial charge in [0.2, 0.25) is 0 Å². The van der Waals surface area contributed by atoms with Crippen LogP contribution in [0.2, 0.25) is 0 Å². The Labute approximate surface area is 156 Å². The summed E-state index contributed by atoms with van der Waals surface area (Å²) in [7, 11) is 0. The summed E-state index contributed by atoms with van der Waals surface area (Å²) in [4.78, 5) is 24.0. The lowest BCUT2D eigenvalue weighted by atomic mass is 10.1. The molecule has 0 aliphatic heterocycles. The van der Waals surface area contributed by atoms with Gasteiger partial charge < -0.3 is 10.1 Å². The fourth-order valence-electron chi connectivity index (χ4n) is 3.04. The van der Waals surface area contributed by atoms with Crippen molar-refractivity contribution in [2.24, 2.45) is 0 Å². The van der Waals surface area contributed by atoms with Crippen molar-refractivity contribution >= 4 is 16.7 Å². The van der Waals surface area contributed by atoms with Crippen LogP contribution in [0.1, 0.15) is 24.5 Å². The van der Waals surface area contributed by atoms with Gasteiger partial charge in [-0.3, -0.25) is 9.59 Å². The maximum absolute atomic E-state index is 12.1. The molecule has 6 heteroatoms. The van der Waals surface area contributed by atoms with E-state index in [9.17, 15) is 9.59 Å². The van der Waals surface area contributed by atoms with E-state index >= 15 is 0 Å². The van der Waals surface area contributed by atoms with E-state index < -0.39 is 0 Å². The third-order valence-electron chi connectivity index (χ3n) is 4.64. The highest BCUT2D eigenvalue weighted by Crippen LogP contribution is 2.38. The standard InChI is InChI=1S/C21H21N3O3/c25-20(14-27-19-7-3-5-15-4-1-2-6-17(15)19)22-12-13-24-21(26)11-10-18(23-24)16-8-9-16/h1-7,10-11,16H,8-9,12-14H2,(H,22,25). The van der Waals surface area contributed by atoms with Crippen LogP contribution in [0.5, 0.6) is 5.75 Å². The van der Waals surface area contributed by atoms with Crippen LogP contribution in [0.25, 0.3) is 10.8 Å². The second kappa shape index (κ2) is 7.61. The highest BCUT2D eigenvalue weighted by Gasteiger charge is 2.25. The molecule has 1 aromatic heterocycles. The lowest BCUT2D eigenvalue weighted by Gasteiger charge is -2.10. The van der Waals surface area contributed by atoms with E-state index in [-0.39, 0.29) is 18.1 Å². The molecule has 1 saturated carbocycles. The van der Waals surface area contributed by atoms with E-state index in [1.54, 1.807) is 12.1 Å². The van der Waals surface area contributed by atoms with Gasteiger partial charge >= 0.3 is 0 Å². The fourth-order valence-corrected chi connectivity index (χ4v) is 3.04. The number of carbonyl (C=O) groups excluding carboxylic acids is 1. The van der Waals surface area contributed by atoms with Gasteiger partial charge in [-0.2, -0.15) is 5.10 Å². The summed E-state index contributed by atoms with van der Waals surface area (Å²) in [6.07, 6.45) is 2.26. The minimum atomic E-state index is -0.227. The second-order valence-corrected chi connectivity index (χ2v) is 6.71. The van der Waals surface area contributed by atoms with Crippen molar-refractivity contribution in [3.63, 3.8) is 0 Å². The molecule has 0 atom stereocenters. The Hall–Kier alpha value is -3.15. The molecule has 6 nitrogen and oxygen atoms in total. The molecule has 0 radical (unpaired) electrons. The molecule has 27 heavy (non-hydrogen) atoms. The summed E-state index contributed by atoms with van der Waals surface area (Å²) in [5.74, 6) is 0.938. The Morgan fingerprint density at radius 2 is 1.93 bits per heavy atom. The molecule has 1 heterocycles. The Kier molecular flexibility index (Phi) is 4.87. The van der Waals surface area contributed by atoms with Gasteiger partial charge in [-0.1, -0.05) is 36.4 Å². The second-order valence-electron chi connectivity index (χ2n) is 6.71. The van der Waals surface area contributed by atoms with Crippen LogP contribution in [-0.4, -0.2) is 28.8 Å². The van der Waals surface area contributed by atoms with Crippen molar-refractivity contribution in [1.29, 1.82) is 0 Å². The van der Waals surface area contributed by atoms with E-state index in [1.165, 1.54) is 4.68 Å². The topological polar surface area (TPSA) is 73.2 Å². The van der Waals surface area contributed by atoms with Gasteiger partial charge in [0, 0.05) is 23.9 Å². The molecular weight excluding hydrogens is 342 g/mol. The lowest BCUT2D eigenvalue weighted by Crippen LogP contribution is -2.34. The normalized spacial score (nSPS) is 13.5. The van der Waals surface area contributed by atoms with Gasteiger partial charge in [-0.15, -0.1) is 0 Å². The molecule has 0 saturated heterocycles. The number of ether oxygens (including phenoxy) is 1. The van der Waals surface area contributed by atoms with Gasteiger partial charge in [0.15, 0.2) is 6.61 Å². The number of aromatic nitrogens is 2. The number of nitrogens with zero attached hydrogens (tertiary/aromatic N) is 2. The van der Waals surface area contributed by atoms with E-state index in [0.29, 0.717) is 24.8 Å². The van der Waals surface area contributed by atoms with Gasteiger partial charge in [-0.05, 0) is 30.4 Å². The molecule has 1 aliphatic rings. The Morgan fingerprint density at radius 3 is 2.78 bits per heavy atom. The molecule has 0 spiro atoms. The minimum absolute atomic E-state index is 0.0710. The number of carbonyl (C=O) groups is 1. The maximum atomic E-state index is 12.1. The Morgan fingerprint density at radius 1 is 1.11 bits per heavy atom. The van der Waals surface area contributed by atoms with Crippen molar-refractivity contribution in [2.45, 2.75) is 25.3 Å². The summed E-state index contributed by atoms with van der Waals surface area (Å²) < 4.78 is 7.09. The average Bonchev–Trinajstić information content (AvgIpc) is 3.53. The highest BCUT2D eigenvalue weighted by atomic mass is 16.5. The SMILES string of the molecule is O=C(COc1cccc2ccccc12)NCCn1nc(C2CC2)ccc1=O.